The number of hydrogen-bond acceptors (Lipinski definition) is 3. The van der Waals surface area contributed by atoms with E-state index in [-0.39, 0.29) is 11.4 Å². The van der Waals surface area contributed by atoms with Crippen LogP contribution in [0.1, 0.15) is 55.9 Å². The van der Waals surface area contributed by atoms with Gasteiger partial charge in [0.1, 0.15) is 5.75 Å². The molecule has 0 spiro atoms. The maximum absolute atomic E-state index is 11.4. The number of benzene rings is 2. The van der Waals surface area contributed by atoms with Crippen molar-refractivity contribution in [1.82, 2.24) is 0 Å². The highest BCUT2D eigenvalue weighted by Gasteiger charge is 2.28. The Bertz CT molecular complexity index is 867. The van der Waals surface area contributed by atoms with Gasteiger partial charge in [0.05, 0.1) is 13.2 Å². The van der Waals surface area contributed by atoms with Crippen LogP contribution in [0.3, 0.4) is 0 Å². The lowest BCUT2D eigenvalue weighted by Crippen LogP contribution is -2.26. The quantitative estimate of drug-likeness (QED) is 0.587. The Morgan fingerprint density at radius 3 is 2.56 bits per heavy atom. The van der Waals surface area contributed by atoms with Gasteiger partial charge < -0.3 is 9.47 Å². The van der Waals surface area contributed by atoms with Crippen molar-refractivity contribution < 1.29 is 14.3 Å². The summed E-state index contributed by atoms with van der Waals surface area (Å²) in [6.07, 6.45) is 2.11. The molecule has 0 saturated heterocycles. The highest BCUT2D eigenvalue weighted by Crippen LogP contribution is 2.38. The van der Waals surface area contributed by atoms with E-state index >= 15 is 0 Å². The molecule has 1 heterocycles. The summed E-state index contributed by atoms with van der Waals surface area (Å²) < 4.78 is 10.7. The normalized spacial score (nSPS) is 14.3. The molecule has 0 radical (unpaired) electrons. The van der Waals surface area contributed by atoms with Gasteiger partial charge in [0.2, 0.25) is 0 Å². The highest BCUT2D eigenvalue weighted by molar-refractivity contribution is 5.69. The largest absolute Gasteiger partial charge is 0.493 e. The van der Waals surface area contributed by atoms with Crippen LogP contribution >= 0.6 is 0 Å². The first-order valence-electron chi connectivity index (χ1n) is 9.52. The summed E-state index contributed by atoms with van der Waals surface area (Å²) in [5, 5.41) is 0. The molecule has 0 N–H and O–H groups in total. The minimum Gasteiger partial charge on any atom is -0.493 e. The van der Waals surface area contributed by atoms with Gasteiger partial charge in [0.25, 0.3) is 0 Å². The number of fused-ring (bicyclic) bond motifs is 1. The second-order valence-electron chi connectivity index (χ2n) is 7.45. The van der Waals surface area contributed by atoms with Gasteiger partial charge in [0.15, 0.2) is 0 Å². The van der Waals surface area contributed by atoms with Crippen LogP contribution in [-0.4, -0.2) is 19.2 Å². The predicted molar refractivity (Wildman–Crippen MR) is 107 cm³/mol. The van der Waals surface area contributed by atoms with Crippen molar-refractivity contribution in [2.45, 2.75) is 45.4 Å². The number of carbonyl (C=O) groups excluding carboxylic acids is 1. The molecule has 0 bridgehead atoms. The van der Waals surface area contributed by atoms with Crippen molar-refractivity contribution in [2.24, 2.45) is 0 Å². The zero-order valence-electron chi connectivity index (χ0n) is 16.3. The molecular weight excluding hydrogens is 336 g/mol. The lowest BCUT2D eigenvalue weighted by molar-refractivity contribution is -0.143. The second kappa shape index (κ2) is 8.31. The first-order chi connectivity index (χ1) is 13.0. The average Bonchev–Trinajstić information content (AvgIpc) is 2.66. The van der Waals surface area contributed by atoms with Crippen molar-refractivity contribution in [3.05, 3.63) is 64.7 Å². The van der Waals surface area contributed by atoms with Crippen molar-refractivity contribution >= 4 is 5.97 Å². The molecule has 0 aliphatic carbocycles. The highest BCUT2D eigenvalue weighted by atomic mass is 16.5. The van der Waals surface area contributed by atoms with E-state index in [0.29, 0.717) is 19.4 Å². The Morgan fingerprint density at radius 2 is 1.81 bits per heavy atom. The number of carbonyl (C=O) groups is 1. The lowest BCUT2D eigenvalue weighted by atomic mass is 9.79. The molecule has 0 fully saturated rings. The summed E-state index contributed by atoms with van der Waals surface area (Å²) in [4.78, 5) is 11.4. The Morgan fingerprint density at radius 1 is 1.11 bits per heavy atom. The van der Waals surface area contributed by atoms with Crippen LogP contribution in [0, 0.1) is 11.8 Å². The molecule has 0 aromatic heterocycles. The van der Waals surface area contributed by atoms with Crippen LogP contribution in [0.4, 0.5) is 0 Å². The van der Waals surface area contributed by atoms with E-state index in [1.54, 1.807) is 0 Å². The third-order valence-corrected chi connectivity index (χ3v) is 4.92. The van der Waals surface area contributed by atoms with Crippen LogP contribution in [0.5, 0.6) is 5.75 Å². The van der Waals surface area contributed by atoms with Gasteiger partial charge in [-0.25, -0.2) is 0 Å². The molecule has 2 aromatic rings. The van der Waals surface area contributed by atoms with Gasteiger partial charge in [0, 0.05) is 23.1 Å². The van der Waals surface area contributed by atoms with Crippen LogP contribution in [0.15, 0.2) is 42.5 Å². The third kappa shape index (κ3) is 4.92. The van der Waals surface area contributed by atoms with Crippen molar-refractivity contribution in [1.29, 1.82) is 0 Å². The summed E-state index contributed by atoms with van der Waals surface area (Å²) in [6.45, 7) is 7.52. The van der Waals surface area contributed by atoms with Gasteiger partial charge in [-0.1, -0.05) is 37.8 Å². The van der Waals surface area contributed by atoms with Crippen molar-refractivity contribution in [3.63, 3.8) is 0 Å². The molecule has 0 amide bonds. The Labute approximate surface area is 161 Å². The van der Waals surface area contributed by atoms with Gasteiger partial charge in [-0.05, 0) is 61.1 Å². The Kier molecular flexibility index (Phi) is 5.86. The van der Waals surface area contributed by atoms with Gasteiger partial charge in [-0.2, -0.15) is 0 Å². The predicted octanol–water partition coefficient (Wildman–Crippen LogP) is 4.64. The molecule has 0 unspecified atom stereocenters. The van der Waals surface area contributed by atoms with E-state index in [9.17, 15) is 4.79 Å². The molecular formula is C24H26O3. The maximum atomic E-state index is 11.4. The van der Waals surface area contributed by atoms with Gasteiger partial charge in [-0.3, -0.25) is 4.79 Å². The number of aryl methyl sites for hydroxylation is 1. The summed E-state index contributed by atoms with van der Waals surface area (Å²) in [7, 11) is 0. The van der Waals surface area contributed by atoms with Crippen LogP contribution in [-0.2, 0) is 21.4 Å². The van der Waals surface area contributed by atoms with Crippen molar-refractivity contribution in [2.75, 3.05) is 13.2 Å². The van der Waals surface area contributed by atoms with Crippen molar-refractivity contribution in [3.8, 4) is 17.6 Å². The third-order valence-electron chi connectivity index (χ3n) is 4.92. The molecule has 1 aliphatic rings. The minimum absolute atomic E-state index is 0.117. The molecule has 1 aliphatic heterocycles. The monoisotopic (exact) mass is 362 g/mol. The summed E-state index contributed by atoms with van der Waals surface area (Å²) >= 11 is 0. The maximum Gasteiger partial charge on any atom is 0.306 e. The van der Waals surface area contributed by atoms with E-state index in [2.05, 4.69) is 31.8 Å². The van der Waals surface area contributed by atoms with E-state index in [1.807, 2.05) is 43.3 Å². The van der Waals surface area contributed by atoms with Crippen LogP contribution in [0.25, 0.3) is 0 Å². The standard InChI is InChI=1S/C24H26O3/c1-4-26-23(25)14-12-19-7-5-18(6-8-19)9-10-20-11-13-22-21(17-20)24(2,3)15-16-27-22/h5-8,11,13,17H,4,12,14-16H2,1-3H3. The fourth-order valence-electron chi connectivity index (χ4n) is 3.19. The molecule has 27 heavy (non-hydrogen) atoms. The molecule has 140 valence electrons. The fourth-order valence-corrected chi connectivity index (χ4v) is 3.19. The zero-order valence-corrected chi connectivity index (χ0v) is 16.3. The number of ether oxygens (including phenoxy) is 2. The molecule has 0 saturated carbocycles. The average molecular weight is 362 g/mol. The van der Waals surface area contributed by atoms with Gasteiger partial charge in [-0.15, -0.1) is 0 Å². The number of rotatable bonds is 4. The van der Waals surface area contributed by atoms with E-state index < -0.39 is 0 Å². The minimum atomic E-state index is -0.152. The summed E-state index contributed by atoms with van der Waals surface area (Å²) in [5.41, 5.74) is 4.42. The first-order valence-corrected chi connectivity index (χ1v) is 9.52. The van der Waals surface area contributed by atoms with E-state index in [0.717, 1.165) is 35.5 Å². The van der Waals surface area contributed by atoms with E-state index in [1.165, 1.54) is 5.56 Å². The molecule has 3 rings (SSSR count). The molecule has 3 nitrogen and oxygen atoms in total. The molecule has 0 atom stereocenters. The topological polar surface area (TPSA) is 35.5 Å². The second-order valence-corrected chi connectivity index (χ2v) is 7.45. The van der Waals surface area contributed by atoms with Crippen LogP contribution in [0.2, 0.25) is 0 Å². The SMILES string of the molecule is CCOC(=O)CCc1ccc(C#Cc2ccc3c(c2)C(C)(C)CCO3)cc1. The van der Waals surface area contributed by atoms with E-state index in [4.69, 9.17) is 9.47 Å². The molecule has 2 aromatic carbocycles. The zero-order chi connectivity index (χ0) is 19.3. The first kappa shape index (κ1) is 19.0. The Balaban J connectivity index is 1.68. The lowest BCUT2D eigenvalue weighted by Gasteiger charge is -2.32. The fraction of sp³-hybridized carbons (Fsp3) is 0.375. The Hall–Kier alpha value is -2.73. The number of esters is 1. The molecule has 3 heteroatoms. The summed E-state index contributed by atoms with van der Waals surface area (Å²) in [5.74, 6) is 7.30. The number of hydrogen-bond donors (Lipinski definition) is 0. The van der Waals surface area contributed by atoms with Gasteiger partial charge >= 0.3 is 5.97 Å². The summed E-state index contributed by atoms with van der Waals surface area (Å²) in [6, 6.07) is 14.2. The van der Waals surface area contributed by atoms with Crippen LogP contribution < -0.4 is 4.74 Å². The smallest absolute Gasteiger partial charge is 0.306 e.